The number of hydrogen-bond acceptors (Lipinski definition) is 1. The summed E-state index contributed by atoms with van der Waals surface area (Å²) in [4.78, 5) is 5.13. The Labute approximate surface area is 315 Å². The summed E-state index contributed by atoms with van der Waals surface area (Å²) in [6.07, 6.45) is 0. The number of benzene rings is 9. The molecule has 252 valence electrons. The second-order valence-corrected chi connectivity index (χ2v) is 13.9. The SMILES string of the molecule is c1ccc(-c2cc(-c3ccc(-c4cccc5nc6ccc7ccccc7c6cc45)cc3)c(-c3ccccc3)c(-c3ccccc3)c2-c2ccccc2)cc1. The van der Waals surface area contributed by atoms with Crippen LogP contribution >= 0.6 is 0 Å². The molecule has 0 spiro atoms. The Balaban J connectivity index is 1.22. The maximum Gasteiger partial charge on any atom is 0.0716 e. The third-order valence-electron chi connectivity index (χ3n) is 10.7. The van der Waals surface area contributed by atoms with Crippen molar-refractivity contribution in [2.75, 3.05) is 0 Å². The lowest BCUT2D eigenvalue weighted by molar-refractivity contribution is 1.50. The number of hydrogen-bond donors (Lipinski definition) is 0. The largest absolute Gasteiger partial charge is 0.248 e. The van der Waals surface area contributed by atoms with E-state index in [1.54, 1.807) is 0 Å². The summed E-state index contributed by atoms with van der Waals surface area (Å²) in [5, 5.41) is 4.79. The highest BCUT2D eigenvalue weighted by Gasteiger charge is 2.23. The predicted octanol–water partition coefficient (Wildman–Crippen LogP) is 14.5. The van der Waals surface area contributed by atoms with Crippen LogP contribution in [0.5, 0.6) is 0 Å². The van der Waals surface area contributed by atoms with E-state index in [0.29, 0.717) is 0 Å². The van der Waals surface area contributed by atoms with E-state index < -0.39 is 0 Å². The molecular formula is C53H35N. The molecule has 1 heterocycles. The lowest BCUT2D eigenvalue weighted by Crippen LogP contribution is -1.98. The van der Waals surface area contributed by atoms with E-state index in [-0.39, 0.29) is 0 Å². The van der Waals surface area contributed by atoms with Gasteiger partial charge in [-0.2, -0.15) is 0 Å². The van der Waals surface area contributed by atoms with Gasteiger partial charge in [-0.3, -0.25) is 0 Å². The Kier molecular flexibility index (Phi) is 7.89. The van der Waals surface area contributed by atoms with Crippen molar-refractivity contribution in [2.45, 2.75) is 0 Å². The molecule has 9 aromatic carbocycles. The predicted molar refractivity (Wildman–Crippen MR) is 229 cm³/mol. The van der Waals surface area contributed by atoms with Crippen molar-refractivity contribution in [3.8, 4) is 66.8 Å². The molecule has 10 rings (SSSR count). The summed E-state index contributed by atoms with van der Waals surface area (Å²) >= 11 is 0. The van der Waals surface area contributed by atoms with Gasteiger partial charge in [-0.05, 0) is 102 Å². The molecule has 0 amide bonds. The second-order valence-electron chi connectivity index (χ2n) is 13.9. The van der Waals surface area contributed by atoms with Crippen molar-refractivity contribution in [3.63, 3.8) is 0 Å². The van der Waals surface area contributed by atoms with Crippen LogP contribution in [0.25, 0.3) is 99.3 Å². The van der Waals surface area contributed by atoms with Crippen molar-refractivity contribution in [1.29, 1.82) is 0 Å². The topological polar surface area (TPSA) is 12.9 Å². The van der Waals surface area contributed by atoms with Gasteiger partial charge in [0.05, 0.1) is 11.0 Å². The van der Waals surface area contributed by atoms with Crippen LogP contribution < -0.4 is 0 Å². The molecular weight excluding hydrogens is 651 g/mol. The minimum atomic E-state index is 1.00. The van der Waals surface area contributed by atoms with Gasteiger partial charge in [-0.25, -0.2) is 4.98 Å². The van der Waals surface area contributed by atoms with Gasteiger partial charge in [0.25, 0.3) is 0 Å². The third-order valence-corrected chi connectivity index (χ3v) is 10.7. The molecule has 0 aliphatic rings. The summed E-state index contributed by atoms with van der Waals surface area (Å²) in [5.74, 6) is 0. The van der Waals surface area contributed by atoms with Gasteiger partial charge in [0.1, 0.15) is 0 Å². The maximum atomic E-state index is 5.13. The number of aromatic nitrogens is 1. The molecule has 10 aromatic rings. The molecule has 1 heteroatoms. The molecule has 54 heavy (non-hydrogen) atoms. The number of fused-ring (bicyclic) bond motifs is 4. The Bertz CT molecular complexity index is 2930. The van der Waals surface area contributed by atoms with E-state index in [1.807, 2.05) is 0 Å². The zero-order chi connectivity index (χ0) is 35.8. The molecule has 1 aromatic heterocycles. The zero-order valence-electron chi connectivity index (χ0n) is 29.7. The number of pyridine rings is 1. The molecule has 1 nitrogen and oxygen atoms in total. The molecule has 0 N–H and O–H groups in total. The summed E-state index contributed by atoms with van der Waals surface area (Å²) < 4.78 is 0. The average Bonchev–Trinajstić information content (AvgIpc) is 3.26. The summed E-state index contributed by atoms with van der Waals surface area (Å²) in [6, 6.07) is 76.7. The van der Waals surface area contributed by atoms with Gasteiger partial charge in [0, 0.05) is 10.8 Å². The van der Waals surface area contributed by atoms with Gasteiger partial charge in [-0.15, -0.1) is 0 Å². The van der Waals surface area contributed by atoms with Crippen LogP contribution in [0, 0.1) is 0 Å². The van der Waals surface area contributed by atoms with Gasteiger partial charge < -0.3 is 0 Å². The second kappa shape index (κ2) is 13.5. The Morgan fingerprint density at radius 1 is 0.241 bits per heavy atom. The Hall–Kier alpha value is -7.09. The van der Waals surface area contributed by atoms with Gasteiger partial charge in [0.2, 0.25) is 0 Å². The minimum absolute atomic E-state index is 1.00. The van der Waals surface area contributed by atoms with Crippen LogP contribution in [0.15, 0.2) is 212 Å². The van der Waals surface area contributed by atoms with Crippen molar-refractivity contribution in [1.82, 2.24) is 4.98 Å². The first-order valence-corrected chi connectivity index (χ1v) is 18.5. The fourth-order valence-electron chi connectivity index (χ4n) is 8.15. The maximum absolute atomic E-state index is 5.13. The first kappa shape index (κ1) is 31.6. The van der Waals surface area contributed by atoms with E-state index >= 15 is 0 Å². The fraction of sp³-hybridized carbons (Fsp3) is 0. The Morgan fingerprint density at radius 2 is 0.704 bits per heavy atom. The van der Waals surface area contributed by atoms with Crippen molar-refractivity contribution in [2.24, 2.45) is 0 Å². The fourth-order valence-corrected chi connectivity index (χ4v) is 8.15. The first-order valence-electron chi connectivity index (χ1n) is 18.5. The van der Waals surface area contributed by atoms with Crippen molar-refractivity contribution in [3.05, 3.63) is 212 Å². The highest BCUT2D eigenvalue weighted by molar-refractivity contribution is 6.12. The summed E-state index contributed by atoms with van der Waals surface area (Å²) in [6.45, 7) is 0. The lowest BCUT2D eigenvalue weighted by Gasteiger charge is -2.24. The molecule has 0 saturated heterocycles. The van der Waals surface area contributed by atoms with Gasteiger partial charge in [0.15, 0.2) is 0 Å². The van der Waals surface area contributed by atoms with Crippen LogP contribution in [0.3, 0.4) is 0 Å². The van der Waals surface area contributed by atoms with E-state index in [4.69, 9.17) is 4.98 Å². The molecule has 0 bridgehead atoms. The van der Waals surface area contributed by atoms with Crippen LogP contribution in [0.1, 0.15) is 0 Å². The molecule has 0 saturated carbocycles. The standard InChI is InChI=1S/C53H35N/c1-5-16-36(17-6-1)45-34-46(52(41-21-9-3-10-22-41)53(42-23-11-4-12-24-42)51(45)40-19-7-2-8-20-40)39-30-28-38(29-31-39)44-26-15-27-49-47(44)35-48-43-25-14-13-18-37(43)32-33-50(48)54-49/h1-35H. The molecule has 0 radical (unpaired) electrons. The normalized spacial score (nSPS) is 11.3. The Morgan fingerprint density at radius 3 is 1.30 bits per heavy atom. The van der Waals surface area contributed by atoms with Crippen molar-refractivity contribution < 1.29 is 0 Å². The average molecular weight is 686 g/mol. The smallest absolute Gasteiger partial charge is 0.0716 e. The van der Waals surface area contributed by atoms with E-state index in [0.717, 1.165) is 16.4 Å². The number of rotatable bonds is 6. The van der Waals surface area contributed by atoms with E-state index in [2.05, 4.69) is 212 Å². The van der Waals surface area contributed by atoms with Gasteiger partial charge in [-0.1, -0.05) is 188 Å². The third kappa shape index (κ3) is 5.55. The highest BCUT2D eigenvalue weighted by Crippen LogP contribution is 2.50. The van der Waals surface area contributed by atoms with Crippen LogP contribution in [0.2, 0.25) is 0 Å². The van der Waals surface area contributed by atoms with E-state index in [1.165, 1.54) is 82.9 Å². The van der Waals surface area contributed by atoms with Crippen LogP contribution in [0.4, 0.5) is 0 Å². The monoisotopic (exact) mass is 685 g/mol. The summed E-state index contributed by atoms with van der Waals surface area (Å²) in [7, 11) is 0. The molecule has 0 unspecified atom stereocenters. The zero-order valence-corrected chi connectivity index (χ0v) is 29.7. The quantitative estimate of drug-likeness (QED) is 0.125. The first-order chi connectivity index (χ1) is 26.8. The highest BCUT2D eigenvalue weighted by atomic mass is 14.7. The molecule has 0 atom stereocenters. The molecule has 0 aliphatic carbocycles. The molecule has 0 aliphatic heterocycles. The molecule has 0 fully saturated rings. The van der Waals surface area contributed by atoms with E-state index in [9.17, 15) is 0 Å². The lowest BCUT2D eigenvalue weighted by atomic mass is 9.79. The van der Waals surface area contributed by atoms with Crippen molar-refractivity contribution >= 4 is 32.6 Å². The summed E-state index contributed by atoms with van der Waals surface area (Å²) in [5.41, 5.74) is 16.4. The number of nitrogens with zero attached hydrogens (tertiary/aromatic N) is 1. The van der Waals surface area contributed by atoms with Gasteiger partial charge >= 0.3 is 0 Å². The van der Waals surface area contributed by atoms with Crippen LogP contribution in [-0.2, 0) is 0 Å². The van der Waals surface area contributed by atoms with Crippen LogP contribution in [-0.4, -0.2) is 4.98 Å². The minimum Gasteiger partial charge on any atom is -0.248 e.